The number of hydrogen-bond donors (Lipinski definition) is 2. The molecule has 0 saturated carbocycles. The first-order valence-corrected chi connectivity index (χ1v) is 7.19. The first kappa shape index (κ1) is 13.7. The topological polar surface area (TPSA) is 89.3 Å². The highest BCUT2D eigenvalue weighted by atomic mass is 32.2. The van der Waals surface area contributed by atoms with E-state index in [2.05, 4.69) is 5.32 Å². The minimum Gasteiger partial charge on any atom is -0.351 e. The minimum atomic E-state index is -3.28. The first-order valence-electron chi connectivity index (χ1n) is 5.13. The molecule has 17 heavy (non-hydrogen) atoms. The van der Waals surface area contributed by atoms with Crippen molar-refractivity contribution in [3.8, 4) is 0 Å². The van der Waals surface area contributed by atoms with E-state index in [0.717, 1.165) is 17.4 Å². The summed E-state index contributed by atoms with van der Waals surface area (Å²) in [7, 11) is -3.28. The summed E-state index contributed by atoms with van der Waals surface area (Å²) in [6.07, 6.45) is 1.03. The molecule has 5 nitrogen and oxygen atoms in total. The van der Waals surface area contributed by atoms with E-state index in [1.54, 1.807) is 0 Å². The van der Waals surface area contributed by atoms with Crippen molar-refractivity contribution in [2.75, 3.05) is 12.0 Å². The molecule has 0 radical (unpaired) electrons. The van der Waals surface area contributed by atoms with Crippen molar-refractivity contribution in [3.05, 3.63) is 35.4 Å². The van der Waals surface area contributed by atoms with Crippen LogP contribution in [0.2, 0.25) is 0 Å². The summed E-state index contributed by atoms with van der Waals surface area (Å²) in [4.78, 5) is 11.3. The number of nitrogens with one attached hydrogen (secondary N) is 1. The number of carbonyl (C=O) groups is 1. The van der Waals surface area contributed by atoms with Gasteiger partial charge in [-0.2, -0.15) is 0 Å². The van der Waals surface area contributed by atoms with Crippen molar-refractivity contribution < 1.29 is 13.2 Å². The lowest BCUT2D eigenvalue weighted by Crippen LogP contribution is -2.29. The number of sulfone groups is 1. The molecule has 1 aromatic rings. The fraction of sp³-hybridized carbons (Fsp3) is 0.364. The van der Waals surface area contributed by atoms with Gasteiger partial charge in [-0.25, -0.2) is 8.42 Å². The molecule has 1 rings (SSSR count). The van der Waals surface area contributed by atoms with Crippen LogP contribution in [-0.2, 0) is 27.7 Å². The Morgan fingerprint density at radius 3 is 2.41 bits per heavy atom. The zero-order chi connectivity index (χ0) is 12.9. The van der Waals surface area contributed by atoms with Gasteiger partial charge in [0.1, 0.15) is 5.75 Å². The van der Waals surface area contributed by atoms with Crippen LogP contribution in [0.25, 0.3) is 0 Å². The summed E-state index contributed by atoms with van der Waals surface area (Å²) in [5, 5.41) is 2.56. The number of rotatable bonds is 5. The molecule has 0 spiro atoms. The highest BCUT2D eigenvalue weighted by Crippen LogP contribution is 2.07. The van der Waals surface area contributed by atoms with Crippen molar-refractivity contribution >= 4 is 15.7 Å². The van der Waals surface area contributed by atoms with Crippen LogP contribution in [0.5, 0.6) is 0 Å². The van der Waals surface area contributed by atoms with Gasteiger partial charge in [0.2, 0.25) is 5.91 Å². The molecular formula is C11H16N2O3S. The molecule has 1 aromatic carbocycles. The monoisotopic (exact) mass is 256 g/mol. The normalized spacial score (nSPS) is 11.2. The number of nitrogens with two attached hydrogens (primary N) is 1. The van der Waals surface area contributed by atoms with Crippen LogP contribution in [0, 0.1) is 0 Å². The van der Waals surface area contributed by atoms with Crippen LogP contribution < -0.4 is 11.1 Å². The third kappa shape index (κ3) is 4.97. The van der Waals surface area contributed by atoms with E-state index in [1.807, 2.05) is 24.3 Å². The van der Waals surface area contributed by atoms with E-state index in [0.29, 0.717) is 13.1 Å². The summed E-state index contributed by atoms with van der Waals surface area (Å²) in [5.74, 6) is -0.989. The summed E-state index contributed by atoms with van der Waals surface area (Å²) in [6, 6.07) is 7.43. The van der Waals surface area contributed by atoms with Gasteiger partial charge < -0.3 is 11.1 Å². The Bertz CT molecular complexity index is 497. The Hall–Kier alpha value is -1.40. The Morgan fingerprint density at radius 2 is 1.88 bits per heavy atom. The molecule has 6 heteroatoms. The van der Waals surface area contributed by atoms with Crippen molar-refractivity contribution in [3.63, 3.8) is 0 Å². The predicted octanol–water partition coefficient (Wildman–Crippen LogP) is -0.194. The highest BCUT2D eigenvalue weighted by Gasteiger charge is 2.10. The van der Waals surface area contributed by atoms with Crippen LogP contribution in [0.1, 0.15) is 11.1 Å². The maximum absolute atomic E-state index is 11.3. The largest absolute Gasteiger partial charge is 0.351 e. The molecular weight excluding hydrogens is 240 g/mol. The van der Waals surface area contributed by atoms with E-state index in [4.69, 9.17) is 5.73 Å². The van der Waals surface area contributed by atoms with E-state index >= 15 is 0 Å². The molecule has 1 amide bonds. The zero-order valence-electron chi connectivity index (χ0n) is 9.64. The molecule has 0 unspecified atom stereocenters. The Balaban J connectivity index is 2.59. The second-order valence-corrected chi connectivity index (χ2v) is 5.96. The first-order chi connectivity index (χ1) is 7.92. The van der Waals surface area contributed by atoms with Gasteiger partial charge in [0, 0.05) is 19.3 Å². The number of hydrogen-bond acceptors (Lipinski definition) is 4. The quantitative estimate of drug-likeness (QED) is 0.764. The van der Waals surface area contributed by atoms with Gasteiger partial charge in [0.05, 0.1) is 0 Å². The molecule has 0 atom stereocenters. The second kappa shape index (κ2) is 5.79. The lowest BCUT2D eigenvalue weighted by Gasteiger charge is -2.08. The van der Waals surface area contributed by atoms with E-state index in [-0.39, 0.29) is 0 Å². The van der Waals surface area contributed by atoms with E-state index in [1.165, 1.54) is 0 Å². The van der Waals surface area contributed by atoms with E-state index in [9.17, 15) is 13.2 Å². The molecule has 0 saturated heterocycles. The lowest BCUT2D eigenvalue weighted by atomic mass is 10.1. The van der Waals surface area contributed by atoms with Crippen LogP contribution >= 0.6 is 0 Å². The van der Waals surface area contributed by atoms with Crippen LogP contribution in [0.15, 0.2) is 24.3 Å². The van der Waals surface area contributed by atoms with Crippen molar-refractivity contribution in [2.45, 2.75) is 13.1 Å². The molecule has 94 valence electrons. The van der Waals surface area contributed by atoms with Gasteiger partial charge in [-0.05, 0) is 11.1 Å². The zero-order valence-corrected chi connectivity index (χ0v) is 10.5. The maximum atomic E-state index is 11.3. The Labute approximate surface area is 101 Å². The van der Waals surface area contributed by atoms with Gasteiger partial charge in [-0.1, -0.05) is 24.3 Å². The molecule has 0 heterocycles. The number of carbonyl (C=O) groups excluding carboxylic acids is 1. The molecule has 0 bridgehead atoms. The van der Waals surface area contributed by atoms with Crippen molar-refractivity contribution in [1.29, 1.82) is 0 Å². The van der Waals surface area contributed by atoms with Crippen LogP contribution in [-0.4, -0.2) is 26.3 Å². The van der Waals surface area contributed by atoms with Gasteiger partial charge in [0.25, 0.3) is 0 Å². The molecule has 0 aliphatic rings. The number of benzene rings is 1. The fourth-order valence-electron chi connectivity index (χ4n) is 1.41. The predicted molar refractivity (Wildman–Crippen MR) is 65.9 cm³/mol. The average molecular weight is 256 g/mol. The van der Waals surface area contributed by atoms with Crippen LogP contribution in [0.4, 0.5) is 0 Å². The minimum absolute atomic E-state index is 0.293. The summed E-state index contributed by atoms with van der Waals surface area (Å²) in [6.45, 7) is 0.680. The summed E-state index contributed by atoms with van der Waals surface area (Å²) >= 11 is 0. The second-order valence-electron chi connectivity index (χ2n) is 3.82. The Kier molecular flexibility index (Phi) is 4.65. The summed E-state index contributed by atoms with van der Waals surface area (Å²) in [5.41, 5.74) is 7.39. The molecule has 0 aromatic heterocycles. The van der Waals surface area contributed by atoms with Gasteiger partial charge in [0.15, 0.2) is 9.84 Å². The third-order valence-corrected chi connectivity index (χ3v) is 2.99. The maximum Gasteiger partial charge on any atom is 0.235 e. The Morgan fingerprint density at radius 1 is 1.29 bits per heavy atom. The standard InChI is InChI=1S/C11H16N2O3S/c1-17(15,16)8-11(14)13-7-10-5-3-2-4-9(10)6-12/h2-5H,6-8,12H2,1H3,(H,13,14). The average Bonchev–Trinajstić information content (AvgIpc) is 2.24. The highest BCUT2D eigenvalue weighted by molar-refractivity contribution is 7.91. The smallest absolute Gasteiger partial charge is 0.235 e. The third-order valence-electron chi connectivity index (χ3n) is 2.21. The lowest BCUT2D eigenvalue weighted by molar-refractivity contribution is -0.118. The molecule has 0 aliphatic carbocycles. The molecule has 3 N–H and O–H groups in total. The van der Waals surface area contributed by atoms with Gasteiger partial charge >= 0.3 is 0 Å². The number of amides is 1. The molecule has 0 aliphatic heterocycles. The van der Waals surface area contributed by atoms with Gasteiger partial charge in [-0.3, -0.25) is 4.79 Å². The van der Waals surface area contributed by atoms with Crippen molar-refractivity contribution in [1.82, 2.24) is 5.32 Å². The summed E-state index contributed by atoms with van der Waals surface area (Å²) < 4.78 is 21.8. The van der Waals surface area contributed by atoms with Gasteiger partial charge in [-0.15, -0.1) is 0 Å². The SMILES string of the molecule is CS(=O)(=O)CC(=O)NCc1ccccc1CN. The fourth-order valence-corrected chi connectivity index (χ4v) is 1.99. The van der Waals surface area contributed by atoms with Crippen LogP contribution in [0.3, 0.4) is 0 Å². The molecule has 0 fully saturated rings. The van der Waals surface area contributed by atoms with E-state index < -0.39 is 21.5 Å². The van der Waals surface area contributed by atoms with Crippen molar-refractivity contribution in [2.24, 2.45) is 5.73 Å².